The Labute approximate surface area is 124 Å². The summed E-state index contributed by atoms with van der Waals surface area (Å²) in [5.41, 5.74) is 0. The van der Waals surface area contributed by atoms with E-state index in [9.17, 15) is 18.0 Å². The van der Waals surface area contributed by atoms with Gasteiger partial charge in [-0.05, 0) is 32.1 Å². The lowest BCUT2D eigenvalue weighted by Crippen LogP contribution is -2.47. The Hall–Kier alpha value is -1.15. The molecule has 2 aliphatic heterocycles. The van der Waals surface area contributed by atoms with Crippen molar-refractivity contribution >= 4 is 21.7 Å². The van der Waals surface area contributed by atoms with Crippen molar-refractivity contribution in [3.63, 3.8) is 0 Å². The predicted octanol–water partition coefficient (Wildman–Crippen LogP) is -0.635. The van der Waals surface area contributed by atoms with Gasteiger partial charge in [0.25, 0.3) is 0 Å². The van der Waals surface area contributed by atoms with E-state index in [4.69, 9.17) is 4.74 Å². The molecule has 120 valence electrons. The van der Waals surface area contributed by atoms with Gasteiger partial charge < -0.3 is 15.4 Å². The highest BCUT2D eigenvalue weighted by Gasteiger charge is 2.28. The summed E-state index contributed by atoms with van der Waals surface area (Å²) in [5.74, 6) is -1.57. The third-order valence-corrected chi connectivity index (χ3v) is 5.27. The fourth-order valence-electron chi connectivity index (χ4n) is 2.63. The number of hydrogen-bond donors (Lipinski definition) is 2. The molecule has 2 saturated heterocycles. The van der Waals surface area contributed by atoms with Crippen LogP contribution in [0.15, 0.2) is 0 Å². The number of rotatable bonds is 5. The minimum Gasteiger partial charge on any atom is -0.377 e. The quantitative estimate of drug-likeness (QED) is 0.702. The van der Waals surface area contributed by atoms with E-state index in [0.29, 0.717) is 26.0 Å². The van der Waals surface area contributed by atoms with Gasteiger partial charge in [-0.2, -0.15) is 0 Å². The van der Waals surface area contributed by atoms with Crippen LogP contribution >= 0.6 is 0 Å². The van der Waals surface area contributed by atoms with Gasteiger partial charge in [-0.25, -0.2) is 8.42 Å². The van der Waals surface area contributed by atoms with Crippen molar-refractivity contribution in [1.29, 1.82) is 0 Å². The zero-order valence-electron chi connectivity index (χ0n) is 12.0. The summed E-state index contributed by atoms with van der Waals surface area (Å²) in [6.45, 7) is 1.18. The van der Waals surface area contributed by atoms with Crippen LogP contribution in [0.3, 0.4) is 0 Å². The summed E-state index contributed by atoms with van der Waals surface area (Å²) in [6.07, 6.45) is 3.51. The Balaban J connectivity index is 1.83. The number of sulfone groups is 1. The molecule has 0 aromatic rings. The highest BCUT2D eigenvalue weighted by atomic mass is 32.2. The second kappa shape index (κ2) is 7.22. The second-order valence-corrected chi connectivity index (χ2v) is 7.71. The fourth-order valence-corrected chi connectivity index (χ4v) is 4.06. The predicted molar refractivity (Wildman–Crippen MR) is 76.4 cm³/mol. The first-order chi connectivity index (χ1) is 9.96. The van der Waals surface area contributed by atoms with Gasteiger partial charge >= 0.3 is 0 Å². The zero-order valence-corrected chi connectivity index (χ0v) is 12.8. The summed E-state index contributed by atoms with van der Waals surface area (Å²) in [4.78, 5) is 23.5. The standard InChI is InChI=1S/C13H22N2O5S/c16-12(15-11-5-1-2-6-14-13(11)17)9-21(18,19)8-10-4-3-7-20-10/h10-11H,1-9H2,(H,14,17)(H,15,16). The smallest absolute Gasteiger partial charge is 0.242 e. The minimum absolute atomic E-state index is 0.128. The SMILES string of the molecule is O=C(CS(=O)(=O)CC1CCCO1)NC1CCCCNC1=O. The minimum atomic E-state index is -3.51. The topological polar surface area (TPSA) is 102 Å². The lowest BCUT2D eigenvalue weighted by molar-refractivity contribution is -0.127. The number of nitrogens with one attached hydrogen (secondary N) is 2. The molecular formula is C13H22N2O5S. The lowest BCUT2D eigenvalue weighted by Gasteiger charge is -2.16. The maximum Gasteiger partial charge on any atom is 0.242 e. The van der Waals surface area contributed by atoms with Crippen LogP contribution in [0.5, 0.6) is 0 Å². The number of carbonyl (C=O) groups excluding carboxylic acids is 2. The largest absolute Gasteiger partial charge is 0.377 e. The highest BCUT2D eigenvalue weighted by Crippen LogP contribution is 2.14. The summed E-state index contributed by atoms with van der Waals surface area (Å²) in [6, 6.07) is -0.627. The van der Waals surface area contributed by atoms with Crippen LogP contribution in [0.1, 0.15) is 32.1 Å². The van der Waals surface area contributed by atoms with Gasteiger partial charge in [-0.1, -0.05) is 0 Å². The van der Waals surface area contributed by atoms with Crippen LogP contribution < -0.4 is 10.6 Å². The summed E-state index contributed by atoms with van der Waals surface area (Å²) < 4.78 is 29.2. The van der Waals surface area contributed by atoms with E-state index in [2.05, 4.69) is 10.6 Å². The van der Waals surface area contributed by atoms with Crippen molar-refractivity contribution in [2.24, 2.45) is 0 Å². The number of carbonyl (C=O) groups is 2. The van der Waals surface area contributed by atoms with Crippen molar-refractivity contribution in [3.8, 4) is 0 Å². The van der Waals surface area contributed by atoms with Gasteiger partial charge in [-0.15, -0.1) is 0 Å². The van der Waals surface area contributed by atoms with Crippen molar-refractivity contribution in [3.05, 3.63) is 0 Å². The zero-order chi connectivity index (χ0) is 15.3. The van der Waals surface area contributed by atoms with E-state index < -0.39 is 27.5 Å². The normalized spacial score (nSPS) is 27.0. The molecule has 21 heavy (non-hydrogen) atoms. The van der Waals surface area contributed by atoms with Crippen LogP contribution in [0.25, 0.3) is 0 Å². The molecule has 0 aliphatic carbocycles. The number of hydrogen-bond acceptors (Lipinski definition) is 5. The van der Waals surface area contributed by atoms with Gasteiger partial charge in [0.1, 0.15) is 11.8 Å². The van der Waals surface area contributed by atoms with Crippen molar-refractivity contribution in [1.82, 2.24) is 10.6 Å². The number of ether oxygens (including phenoxy) is 1. The third-order valence-electron chi connectivity index (χ3n) is 3.69. The van der Waals surface area contributed by atoms with E-state index in [1.165, 1.54) is 0 Å². The maximum absolute atomic E-state index is 11.9. The average Bonchev–Trinajstić information content (AvgIpc) is 2.79. The second-order valence-electron chi connectivity index (χ2n) is 5.60. The molecule has 7 nitrogen and oxygen atoms in total. The van der Waals surface area contributed by atoms with E-state index in [1.54, 1.807) is 0 Å². The summed E-state index contributed by atoms with van der Waals surface area (Å²) in [5, 5.41) is 5.22. The van der Waals surface area contributed by atoms with Crippen LogP contribution in [0.4, 0.5) is 0 Å². The van der Waals surface area contributed by atoms with Crippen molar-refractivity contribution in [2.75, 3.05) is 24.7 Å². The molecule has 0 bridgehead atoms. The monoisotopic (exact) mass is 318 g/mol. The van der Waals surface area contributed by atoms with E-state index >= 15 is 0 Å². The summed E-state index contributed by atoms with van der Waals surface area (Å²) in [7, 11) is -3.51. The first kappa shape index (κ1) is 16.2. The van der Waals surface area contributed by atoms with Crippen LogP contribution in [0.2, 0.25) is 0 Å². The molecule has 2 fully saturated rings. The Kier molecular flexibility index (Phi) is 5.58. The van der Waals surface area contributed by atoms with Crippen LogP contribution in [0, 0.1) is 0 Å². The molecule has 2 atom stereocenters. The van der Waals surface area contributed by atoms with Crippen LogP contribution in [-0.2, 0) is 24.2 Å². The molecule has 0 radical (unpaired) electrons. The Morgan fingerprint density at radius 1 is 1.29 bits per heavy atom. The Bertz CT molecular complexity index is 485. The molecule has 0 aromatic carbocycles. The van der Waals surface area contributed by atoms with Gasteiger partial charge in [0.05, 0.1) is 11.9 Å². The Morgan fingerprint density at radius 2 is 2.10 bits per heavy atom. The number of amides is 2. The molecule has 8 heteroatoms. The van der Waals surface area contributed by atoms with Crippen LogP contribution in [-0.4, -0.2) is 57.0 Å². The lowest BCUT2D eigenvalue weighted by atomic mass is 10.1. The molecule has 2 N–H and O–H groups in total. The highest BCUT2D eigenvalue weighted by molar-refractivity contribution is 7.92. The maximum atomic E-state index is 11.9. The molecule has 0 aromatic heterocycles. The first-order valence-corrected chi connectivity index (χ1v) is 9.17. The molecule has 2 aliphatic rings. The van der Waals surface area contributed by atoms with E-state index in [-0.39, 0.29) is 17.8 Å². The van der Waals surface area contributed by atoms with Gasteiger partial charge in [-0.3, -0.25) is 9.59 Å². The van der Waals surface area contributed by atoms with E-state index in [1.807, 2.05) is 0 Å². The molecule has 0 spiro atoms. The molecular weight excluding hydrogens is 296 g/mol. The fraction of sp³-hybridized carbons (Fsp3) is 0.846. The molecule has 0 saturated carbocycles. The van der Waals surface area contributed by atoms with Gasteiger partial charge in [0.15, 0.2) is 9.84 Å². The van der Waals surface area contributed by atoms with Crippen molar-refractivity contribution < 1.29 is 22.7 Å². The molecule has 2 unspecified atom stereocenters. The third kappa shape index (κ3) is 5.28. The first-order valence-electron chi connectivity index (χ1n) is 7.35. The Morgan fingerprint density at radius 3 is 2.81 bits per heavy atom. The molecule has 2 amide bonds. The van der Waals surface area contributed by atoms with E-state index in [0.717, 1.165) is 19.3 Å². The molecule has 2 rings (SSSR count). The average molecular weight is 318 g/mol. The molecule has 2 heterocycles. The van der Waals surface area contributed by atoms with Gasteiger partial charge in [0, 0.05) is 13.2 Å². The summed E-state index contributed by atoms with van der Waals surface area (Å²) >= 11 is 0. The van der Waals surface area contributed by atoms with Crippen molar-refractivity contribution in [2.45, 2.75) is 44.2 Å². The van der Waals surface area contributed by atoms with Gasteiger partial charge in [0.2, 0.25) is 11.8 Å².